The Morgan fingerprint density at radius 1 is 0.579 bits per heavy atom. The molecule has 0 spiro atoms. The first-order chi connectivity index (χ1) is 9.41. The van der Waals surface area contributed by atoms with E-state index >= 15 is 0 Å². The molecule has 0 aromatic rings. The maximum Gasteiger partial charge on any atom is 0.119 e. The van der Waals surface area contributed by atoms with Gasteiger partial charge in [-0.25, -0.2) is 0 Å². The van der Waals surface area contributed by atoms with Gasteiger partial charge in [-0.15, -0.1) is 0 Å². The lowest BCUT2D eigenvalue weighted by atomic mass is 10.1. The summed E-state index contributed by atoms with van der Waals surface area (Å²) in [5, 5.41) is 0. The highest BCUT2D eigenvalue weighted by Gasteiger charge is 1.90. The number of carbonyl (C=O) groups excluding carboxylic acids is 1. The van der Waals surface area contributed by atoms with Crippen molar-refractivity contribution in [2.24, 2.45) is 0 Å². The molecule has 0 radical (unpaired) electrons. The van der Waals surface area contributed by atoms with Gasteiger partial charge in [-0.3, -0.25) is 0 Å². The number of allylic oxidation sites excluding steroid dienone is 2. The van der Waals surface area contributed by atoms with Crippen molar-refractivity contribution in [2.45, 2.75) is 96.8 Å². The Labute approximate surface area is 120 Å². The van der Waals surface area contributed by atoms with Crippen LogP contribution in [0, 0.1) is 0 Å². The standard InChI is InChI=1S/C18H34O/c1-2-3-4-5-6-7-8-9-10-11-12-13-14-15-16-17-18-19/h8-9,18H,2-7,10-17H2,1H3. The average Bonchev–Trinajstić information content (AvgIpc) is 2.43. The third-order valence-corrected chi connectivity index (χ3v) is 3.58. The molecule has 0 saturated carbocycles. The Balaban J connectivity index is 3.02. The van der Waals surface area contributed by atoms with Crippen LogP contribution in [0.25, 0.3) is 0 Å². The van der Waals surface area contributed by atoms with Crippen molar-refractivity contribution in [3.63, 3.8) is 0 Å². The zero-order valence-electron chi connectivity index (χ0n) is 13.0. The Bertz CT molecular complexity index is 196. The first kappa shape index (κ1) is 18.4. The summed E-state index contributed by atoms with van der Waals surface area (Å²) in [6.45, 7) is 2.27. The maximum absolute atomic E-state index is 10.1. The molecule has 0 unspecified atom stereocenters. The van der Waals surface area contributed by atoms with Gasteiger partial charge in [0.2, 0.25) is 0 Å². The second kappa shape index (κ2) is 17.4. The monoisotopic (exact) mass is 266 g/mol. The van der Waals surface area contributed by atoms with Crippen molar-refractivity contribution in [2.75, 3.05) is 0 Å². The van der Waals surface area contributed by atoms with E-state index in [-0.39, 0.29) is 0 Å². The van der Waals surface area contributed by atoms with Crippen LogP contribution in [-0.2, 0) is 4.79 Å². The quantitative estimate of drug-likeness (QED) is 0.195. The number of rotatable bonds is 15. The molecule has 1 heteroatoms. The molecule has 0 aliphatic carbocycles. The van der Waals surface area contributed by atoms with Gasteiger partial charge in [-0.05, 0) is 32.1 Å². The minimum Gasteiger partial charge on any atom is -0.303 e. The van der Waals surface area contributed by atoms with Crippen molar-refractivity contribution in [3.05, 3.63) is 12.2 Å². The minimum absolute atomic E-state index is 0.751. The van der Waals surface area contributed by atoms with Crippen LogP contribution in [-0.4, -0.2) is 6.29 Å². The molecular weight excluding hydrogens is 232 g/mol. The topological polar surface area (TPSA) is 17.1 Å². The number of hydrogen-bond acceptors (Lipinski definition) is 1. The highest BCUT2D eigenvalue weighted by Crippen LogP contribution is 2.09. The zero-order valence-corrected chi connectivity index (χ0v) is 13.0. The van der Waals surface area contributed by atoms with Crippen molar-refractivity contribution in [1.82, 2.24) is 0 Å². The lowest BCUT2D eigenvalue weighted by molar-refractivity contribution is -0.107. The lowest BCUT2D eigenvalue weighted by Gasteiger charge is -1.99. The van der Waals surface area contributed by atoms with Crippen LogP contribution in [0.1, 0.15) is 96.8 Å². The highest BCUT2D eigenvalue weighted by atomic mass is 16.1. The van der Waals surface area contributed by atoms with E-state index < -0.39 is 0 Å². The largest absolute Gasteiger partial charge is 0.303 e. The van der Waals surface area contributed by atoms with E-state index in [1.165, 1.54) is 77.0 Å². The molecule has 0 fully saturated rings. The molecule has 0 rings (SSSR count). The third kappa shape index (κ3) is 17.4. The summed E-state index contributed by atoms with van der Waals surface area (Å²) in [5.41, 5.74) is 0. The van der Waals surface area contributed by atoms with Gasteiger partial charge in [0.1, 0.15) is 6.29 Å². The molecule has 0 saturated heterocycles. The van der Waals surface area contributed by atoms with Gasteiger partial charge in [0, 0.05) is 6.42 Å². The van der Waals surface area contributed by atoms with Gasteiger partial charge in [0.25, 0.3) is 0 Å². The molecule has 0 heterocycles. The Hall–Kier alpha value is -0.590. The zero-order chi connectivity index (χ0) is 14.0. The Kier molecular flexibility index (Phi) is 16.9. The highest BCUT2D eigenvalue weighted by molar-refractivity contribution is 5.48. The predicted octanol–water partition coefficient (Wildman–Crippen LogP) is 6.22. The van der Waals surface area contributed by atoms with E-state index in [0.717, 1.165) is 19.1 Å². The van der Waals surface area contributed by atoms with E-state index in [4.69, 9.17) is 0 Å². The SMILES string of the molecule is CCCCCCCC=CCCCCCCCCC=O. The Morgan fingerprint density at radius 3 is 1.47 bits per heavy atom. The summed E-state index contributed by atoms with van der Waals surface area (Å²) < 4.78 is 0. The van der Waals surface area contributed by atoms with E-state index in [1.54, 1.807) is 0 Å². The second-order valence-electron chi connectivity index (χ2n) is 5.54. The predicted molar refractivity (Wildman–Crippen MR) is 85.5 cm³/mol. The third-order valence-electron chi connectivity index (χ3n) is 3.58. The fourth-order valence-electron chi connectivity index (χ4n) is 2.30. The summed E-state index contributed by atoms with van der Waals surface area (Å²) in [6, 6.07) is 0. The molecule has 0 N–H and O–H groups in total. The molecule has 0 aliphatic rings. The van der Waals surface area contributed by atoms with Gasteiger partial charge < -0.3 is 4.79 Å². The molecule has 0 aromatic carbocycles. The van der Waals surface area contributed by atoms with E-state index in [2.05, 4.69) is 19.1 Å². The fourth-order valence-corrected chi connectivity index (χ4v) is 2.30. The molecule has 0 bridgehead atoms. The van der Waals surface area contributed by atoms with Crippen molar-refractivity contribution < 1.29 is 4.79 Å². The van der Waals surface area contributed by atoms with Gasteiger partial charge in [-0.1, -0.05) is 70.4 Å². The summed E-state index contributed by atoms with van der Waals surface area (Å²) in [4.78, 5) is 10.1. The molecule has 19 heavy (non-hydrogen) atoms. The second-order valence-corrected chi connectivity index (χ2v) is 5.54. The first-order valence-corrected chi connectivity index (χ1v) is 8.50. The number of carbonyl (C=O) groups is 1. The van der Waals surface area contributed by atoms with Crippen LogP contribution in [0.4, 0.5) is 0 Å². The van der Waals surface area contributed by atoms with E-state index in [0.29, 0.717) is 0 Å². The van der Waals surface area contributed by atoms with Gasteiger partial charge >= 0.3 is 0 Å². The van der Waals surface area contributed by atoms with Gasteiger partial charge in [0.15, 0.2) is 0 Å². The minimum atomic E-state index is 0.751. The van der Waals surface area contributed by atoms with Crippen LogP contribution in [0.2, 0.25) is 0 Å². The van der Waals surface area contributed by atoms with Crippen molar-refractivity contribution in [1.29, 1.82) is 0 Å². The number of unbranched alkanes of at least 4 members (excludes halogenated alkanes) is 12. The van der Waals surface area contributed by atoms with Gasteiger partial charge in [0.05, 0.1) is 0 Å². The summed E-state index contributed by atoms with van der Waals surface area (Å²) in [6.07, 6.45) is 23.6. The molecule has 112 valence electrons. The molecule has 1 nitrogen and oxygen atoms in total. The van der Waals surface area contributed by atoms with Crippen LogP contribution in [0.15, 0.2) is 12.2 Å². The lowest BCUT2D eigenvalue weighted by Crippen LogP contribution is -1.81. The van der Waals surface area contributed by atoms with Crippen LogP contribution < -0.4 is 0 Å². The molecule has 0 aliphatic heterocycles. The molecule has 0 amide bonds. The molecular formula is C18H34O. The Morgan fingerprint density at radius 2 is 1.00 bits per heavy atom. The number of aldehydes is 1. The summed E-state index contributed by atoms with van der Waals surface area (Å²) in [5.74, 6) is 0. The smallest absolute Gasteiger partial charge is 0.119 e. The van der Waals surface area contributed by atoms with Crippen LogP contribution in [0.3, 0.4) is 0 Å². The van der Waals surface area contributed by atoms with Crippen molar-refractivity contribution in [3.8, 4) is 0 Å². The molecule has 0 aromatic heterocycles. The number of hydrogen-bond donors (Lipinski definition) is 0. The maximum atomic E-state index is 10.1. The first-order valence-electron chi connectivity index (χ1n) is 8.50. The summed E-state index contributed by atoms with van der Waals surface area (Å²) in [7, 11) is 0. The average molecular weight is 266 g/mol. The molecule has 0 atom stereocenters. The fraction of sp³-hybridized carbons (Fsp3) is 0.833. The van der Waals surface area contributed by atoms with E-state index in [1.807, 2.05) is 0 Å². The van der Waals surface area contributed by atoms with E-state index in [9.17, 15) is 4.79 Å². The van der Waals surface area contributed by atoms with Gasteiger partial charge in [-0.2, -0.15) is 0 Å². The van der Waals surface area contributed by atoms with Crippen molar-refractivity contribution >= 4 is 6.29 Å². The van der Waals surface area contributed by atoms with Crippen LogP contribution in [0.5, 0.6) is 0 Å². The normalized spacial score (nSPS) is 11.2. The summed E-state index contributed by atoms with van der Waals surface area (Å²) >= 11 is 0. The van der Waals surface area contributed by atoms with Crippen LogP contribution >= 0.6 is 0 Å².